The minimum absolute atomic E-state index is 0.0307. The van der Waals surface area contributed by atoms with Crippen molar-refractivity contribution in [3.05, 3.63) is 94.3 Å². The highest BCUT2D eigenvalue weighted by atomic mass is 19.1. The van der Waals surface area contributed by atoms with Gasteiger partial charge in [-0.2, -0.15) is 0 Å². The Bertz CT molecular complexity index is 1660. The SMILES string of the molecule is Cc1cc(/C(O)=C2\C(=O)C(=O)N(c3nc4ccc(F)cc4[nH]3)C2c2ccc(C(C)(C)C)cc2)ccc1OC(C)C. The number of benzene rings is 3. The monoisotopic (exact) mass is 541 g/mol. The number of aliphatic hydroxyl groups is 1. The average molecular weight is 542 g/mol. The normalized spacial score (nSPS) is 17.3. The Hall–Kier alpha value is -4.46. The second kappa shape index (κ2) is 9.93. The number of carbonyl (C=O) groups excluding carboxylic acids is 2. The second-order valence-electron chi connectivity index (χ2n) is 11.4. The molecule has 1 amide bonds. The molecule has 0 spiro atoms. The van der Waals surface area contributed by atoms with Crippen molar-refractivity contribution < 1.29 is 23.8 Å². The minimum atomic E-state index is -0.966. The molecule has 1 unspecified atom stereocenters. The molecular weight excluding hydrogens is 509 g/mol. The van der Waals surface area contributed by atoms with E-state index >= 15 is 0 Å². The van der Waals surface area contributed by atoms with E-state index < -0.39 is 23.5 Å². The van der Waals surface area contributed by atoms with Crippen molar-refractivity contribution in [2.75, 3.05) is 4.90 Å². The van der Waals surface area contributed by atoms with Gasteiger partial charge < -0.3 is 14.8 Å². The number of aromatic amines is 1. The summed E-state index contributed by atoms with van der Waals surface area (Å²) in [7, 11) is 0. The van der Waals surface area contributed by atoms with E-state index in [4.69, 9.17) is 4.74 Å². The largest absolute Gasteiger partial charge is 0.507 e. The van der Waals surface area contributed by atoms with Gasteiger partial charge in [0.2, 0.25) is 5.95 Å². The zero-order valence-corrected chi connectivity index (χ0v) is 23.4. The molecule has 1 aliphatic rings. The summed E-state index contributed by atoms with van der Waals surface area (Å²) >= 11 is 0. The Morgan fingerprint density at radius 3 is 2.38 bits per heavy atom. The topological polar surface area (TPSA) is 95.5 Å². The fourth-order valence-corrected chi connectivity index (χ4v) is 4.95. The number of hydrogen-bond acceptors (Lipinski definition) is 5. The van der Waals surface area contributed by atoms with Gasteiger partial charge in [-0.15, -0.1) is 0 Å². The number of carbonyl (C=O) groups is 2. The van der Waals surface area contributed by atoms with Crippen LogP contribution in [0.2, 0.25) is 0 Å². The first kappa shape index (κ1) is 27.1. The number of ketones is 1. The molecule has 1 aliphatic heterocycles. The fourth-order valence-electron chi connectivity index (χ4n) is 4.95. The van der Waals surface area contributed by atoms with Crippen LogP contribution in [0.4, 0.5) is 10.3 Å². The number of nitrogens with one attached hydrogen (secondary N) is 1. The van der Waals surface area contributed by atoms with Gasteiger partial charge in [0.05, 0.1) is 28.8 Å². The number of Topliss-reactive ketones (excluding diaryl/α,β-unsaturated/α-hetero) is 1. The summed E-state index contributed by atoms with van der Waals surface area (Å²) in [6.45, 7) is 12.0. The summed E-state index contributed by atoms with van der Waals surface area (Å²) in [5, 5.41) is 11.5. The lowest BCUT2D eigenvalue weighted by atomic mass is 9.85. The quantitative estimate of drug-likeness (QED) is 0.166. The van der Waals surface area contributed by atoms with Crippen LogP contribution in [-0.2, 0) is 15.0 Å². The highest BCUT2D eigenvalue weighted by Crippen LogP contribution is 2.42. The summed E-state index contributed by atoms with van der Waals surface area (Å²) in [5.41, 5.74) is 3.51. The lowest BCUT2D eigenvalue weighted by molar-refractivity contribution is -0.132. The molecule has 0 saturated carbocycles. The lowest BCUT2D eigenvalue weighted by Gasteiger charge is -2.25. The summed E-state index contributed by atoms with van der Waals surface area (Å²) in [5.74, 6) is -1.69. The van der Waals surface area contributed by atoms with Crippen molar-refractivity contribution in [2.24, 2.45) is 0 Å². The van der Waals surface area contributed by atoms with Crippen LogP contribution in [0.5, 0.6) is 5.75 Å². The van der Waals surface area contributed by atoms with E-state index in [1.807, 2.05) is 45.0 Å². The van der Waals surface area contributed by atoms with Gasteiger partial charge in [0.25, 0.3) is 5.78 Å². The van der Waals surface area contributed by atoms with E-state index in [2.05, 4.69) is 30.7 Å². The van der Waals surface area contributed by atoms with Crippen LogP contribution in [-0.4, -0.2) is 32.9 Å². The summed E-state index contributed by atoms with van der Waals surface area (Å²) in [6, 6.07) is 15.8. The molecule has 5 rings (SSSR count). The summed E-state index contributed by atoms with van der Waals surface area (Å²) in [4.78, 5) is 35.8. The molecular formula is C32H32FN3O4. The van der Waals surface area contributed by atoms with E-state index in [0.717, 1.165) is 11.1 Å². The molecule has 2 N–H and O–H groups in total. The minimum Gasteiger partial charge on any atom is -0.507 e. The van der Waals surface area contributed by atoms with Gasteiger partial charge in [-0.05, 0) is 79.3 Å². The number of anilines is 1. The maximum atomic E-state index is 13.9. The number of amides is 1. The number of aliphatic hydroxyl groups excluding tert-OH is 1. The summed E-state index contributed by atoms with van der Waals surface area (Å²) in [6.07, 6.45) is -0.0307. The standard InChI is InChI=1S/C32H32FN3O4/c1-17(2)40-25-14-9-20(15-18(25)3)28(37)26-27(19-7-10-21(11-8-19)32(4,5)6)36(30(39)29(26)38)31-34-23-13-12-22(33)16-24(23)35-31/h7-17,27,37H,1-6H3,(H,34,35)/b28-26+. The Morgan fingerprint density at radius 1 is 1.05 bits per heavy atom. The predicted molar refractivity (Wildman–Crippen MR) is 153 cm³/mol. The average Bonchev–Trinajstić information content (AvgIpc) is 3.41. The number of H-pyrrole nitrogens is 1. The Morgan fingerprint density at radius 2 is 1.75 bits per heavy atom. The summed E-state index contributed by atoms with van der Waals surface area (Å²) < 4.78 is 19.7. The van der Waals surface area contributed by atoms with Gasteiger partial charge in [-0.1, -0.05) is 45.0 Å². The second-order valence-corrected chi connectivity index (χ2v) is 11.4. The van der Waals surface area contributed by atoms with E-state index in [0.29, 0.717) is 27.9 Å². The number of halogens is 1. The van der Waals surface area contributed by atoms with E-state index in [-0.39, 0.29) is 28.8 Å². The number of nitrogens with zero attached hydrogens (tertiary/aromatic N) is 2. The highest BCUT2D eigenvalue weighted by molar-refractivity contribution is 6.51. The van der Waals surface area contributed by atoms with E-state index in [1.165, 1.54) is 23.1 Å². The Labute approximate surface area is 232 Å². The first-order valence-electron chi connectivity index (χ1n) is 13.2. The number of hydrogen-bond donors (Lipinski definition) is 2. The maximum Gasteiger partial charge on any atom is 0.302 e. The molecule has 1 aromatic heterocycles. The van der Waals surface area contributed by atoms with Gasteiger partial charge >= 0.3 is 5.91 Å². The van der Waals surface area contributed by atoms with E-state index in [9.17, 15) is 19.1 Å². The third-order valence-electron chi connectivity index (χ3n) is 7.01. The molecule has 1 fully saturated rings. The molecule has 4 aromatic rings. The Balaban J connectivity index is 1.69. The van der Waals surface area contributed by atoms with Gasteiger partial charge in [0.1, 0.15) is 17.3 Å². The third kappa shape index (κ3) is 4.85. The van der Waals surface area contributed by atoms with Crippen molar-refractivity contribution in [3.63, 3.8) is 0 Å². The molecule has 0 radical (unpaired) electrons. The molecule has 0 bridgehead atoms. The van der Waals surface area contributed by atoms with Crippen LogP contribution >= 0.6 is 0 Å². The zero-order valence-electron chi connectivity index (χ0n) is 23.4. The molecule has 7 nitrogen and oxygen atoms in total. The highest BCUT2D eigenvalue weighted by Gasteiger charge is 2.48. The molecule has 0 aliphatic carbocycles. The fraction of sp³-hybridized carbons (Fsp3) is 0.281. The molecule has 2 heterocycles. The number of aromatic nitrogens is 2. The molecule has 40 heavy (non-hydrogen) atoms. The van der Waals surface area contributed by atoms with Crippen LogP contribution in [0.25, 0.3) is 16.8 Å². The maximum absolute atomic E-state index is 13.9. The Kier molecular flexibility index (Phi) is 6.74. The van der Waals surface area contributed by atoms with Crippen LogP contribution in [0.3, 0.4) is 0 Å². The number of imidazole rings is 1. The van der Waals surface area contributed by atoms with Gasteiger partial charge in [-0.3, -0.25) is 14.5 Å². The number of ether oxygens (including phenoxy) is 1. The molecule has 3 aromatic carbocycles. The first-order chi connectivity index (χ1) is 18.8. The first-order valence-corrected chi connectivity index (χ1v) is 13.2. The van der Waals surface area contributed by atoms with Crippen molar-refractivity contribution in [1.82, 2.24) is 9.97 Å². The number of fused-ring (bicyclic) bond motifs is 1. The van der Waals surface area contributed by atoms with Gasteiger partial charge in [-0.25, -0.2) is 9.37 Å². The lowest BCUT2D eigenvalue weighted by Crippen LogP contribution is -2.30. The van der Waals surface area contributed by atoms with E-state index in [1.54, 1.807) is 18.2 Å². The van der Waals surface area contributed by atoms with Crippen molar-refractivity contribution in [1.29, 1.82) is 0 Å². The van der Waals surface area contributed by atoms with Gasteiger partial charge in [0.15, 0.2) is 0 Å². The van der Waals surface area contributed by atoms with Crippen LogP contribution in [0, 0.1) is 12.7 Å². The number of aryl methyl sites for hydroxylation is 1. The molecule has 206 valence electrons. The zero-order chi connectivity index (χ0) is 28.9. The van der Waals surface area contributed by atoms with Crippen LogP contribution in [0.15, 0.2) is 66.2 Å². The third-order valence-corrected chi connectivity index (χ3v) is 7.01. The van der Waals surface area contributed by atoms with Crippen molar-refractivity contribution in [2.45, 2.75) is 59.1 Å². The number of rotatable bonds is 5. The molecule has 1 atom stereocenters. The van der Waals surface area contributed by atoms with Crippen molar-refractivity contribution >= 4 is 34.4 Å². The van der Waals surface area contributed by atoms with Gasteiger partial charge in [0, 0.05) is 5.56 Å². The van der Waals surface area contributed by atoms with Crippen LogP contribution in [0.1, 0.15) is 62.9 Å². The molecule has 8 heteroatoms. The smallest absolute Gasteiger partial charge is 0.302 e. The van der Waals surface area contributed by atoms with Crippen LogP contribution < -0.4 is 9.64 Å². The predicted octanol–water partition coefficient (Wildman–Crippen LogP) is 6.72. The molecule has 1 saturated heterocycles. The van der Waals surface area contributed by atoms with Crippen molar-refractivity contribution in [3.8, 4) is 5.75 Å².